The zero-order chi connectivity index (χ0) is 31.5. The molecule has 1 nitrogen and oxygen atoms in total. The van der Waals surface area contributed by atoms with Gasteiger partial charge in [0.05, 0.1) is 11.4 Å². The molecule has 242 valence electrons. The van der Waals surface area contributed by atoms with Crippen LogP contribution in [-0.4, -0.2) is 11.9 Å². The van der Waals surface area contributed by atoms with Crippen LogP contribution in [0.4, 0.5) is 0 Å². The first-order valence-electron chi connectivity index (χ1n) is 17.5. The summed E-state index contributed by atoms with van der Waals surface area (Å²) < 4.78 is 0. The van der Waals surface area contributed by atoms with Gasteiger partial charge in [0.1, 0.15) is 29.3 Å². The van der Waals surface area contributed by atoms with E-state index < -0.39 is 7.26 Å². The molecule has 3 aliphatic rings. The summed E-state index contributed by atoms with van der Waals surface area (Å²) in [6, 6.07) is 34.1. The first-order chi connectivity index (χ1) is 21.7. The first-order valence-corrected chi connectivity index (χ1v) is 19.5. The monoisotopic (exact) mass is 693 g/mol. The van der Waals surface area contributed by atoms with Crippen LogP contribution in [0.5, 0.6) is 0 Å². The van der Waals surface area contributed by atoms with Gasteiger partial charge in [-0.15, -0.1) is 0 Å². The minimum atomic E-state index is -2.03. The van der Waals surface area contributed by atoms with Gasteiger partial charge >= 0.3 is 0 Å². The number of halogens is 1. The van der Waals surface area contributed by atoms with Crippen LogP contribution < -0.4 is 32.9 Å². The van der Waals surface area contributed by atoms with Crippen molar-refractivity contribution in [3.05, 3.63) is 126 Å². The van der Waals surface area contributed by atoms with Crippen molar-refractivity contribution in [2.24, 2.45) is 21.7 Å². The summed E-state index contributed by atoms with van der Waals surface area (Å²) in [7, 11) is -2.03. The zero-order valence-electron chi connectivity index (χ0n) is 28.7. The van der Waals surface area contributed by atoms with Crippen molar-refractivity contribution in [2.45, 2.75) is 92.4 Å². The molecule has 1 aliphatic heterocycles. The maximum absolute atomic E-state index is 5.70. The fourth-order valence-corrected chi connectivity index (χ4v) is 12.9. The summed E-state index contributed by atoms with van der Waals surface area (Å²) in [6.07, 6.45) is 17.7. The van der Waals surface area contributed by atoms with Gasteiger partial charge in [0.25, 0.3) is 0 Å². The molecule has 46 heavy (non-hydrogen) atoms. The first kappa shape index (κ1) is 34.8. The minimum absolute atomic E-state index is 0. The lowest BCUT2D eigenvalue weighted by molar-refractivity contribution is -0.0000105. The Kier molecular flexibility index (Phi) is 11.1. The van der Waals surface area contributed by atoms with E-state index in [0.29, 0.717) is 5.92 Å². The van der Waals surface area contributed by atoms with Crippen molar-refractivity contribution in [3.63, 3.8) is 0 Å². The van der Waals surface area contributed by atoms with Crippen molar-refractivity contribution in [2.75, 3.05) is 6.16 Å². The molecule has 6 rings (SSSR count). The van der Waals surface area contributed by atoms with E-state index in [2.05, 4.69) is 138 Å². The number of nitrogens with zero attached hydrogens (tertiary/aromatic N) is 1. The Morgan fingerprint density at radius 2 is 1.24 bits per heavy atom. The highest BCUT2D eigenvalue weighted by molar-refractivity contribution is 7.95. The number of aliphatic imine (C=N–C) groups is 1. The van der Waals surface area contributed by atoms with Gasteiger partial charge in [-0.25, -0.2) is 0 Å². The van der Waals surface area contributed by atoms with Crippen molar-refractivity contribution in [1.82, 2.24) is 0 Å². The zero-order valence-corrected chi connectivity index (χ0v) is 31.2. The molecule has 0 saturated heterocycles. The summed E-state index contributed by atoms with van der Waals surface area (Å²) in [4.78, 5) is 5.70. The molecule has 0 spiro atoms. The van der Waals surface area contributed by atoms with Crippen LogP contribution in [0.15, 0.2) is 131 Å². The number of fused-ring (bicyclic) bond motifs is 2. The second-order valence-corrected chi connectivity index (χ2v) is 18.6. The maximum Gasteiger partial charge on any atom is 0.116 e. The van der Waals surface area contributed by atoms with Crippen molar-refractivity contribution >= 4 is 28.9 Å². The maximum atomic E-state index is 5.70. The number of hydrogen-bond donors (Lipinski definition) is 0. The van der Waals surface area contributed by atoms with E-state index in [9.17, 15) is 0 Å². The van der Waals surface area contributed by atoms with Crippen LogP contribution in [-0.2, 0) is 0 Å². The quantitative estimate of drug-likeness (QED) is 0.136. The number of allylic oxidation sites excluding steroid dienone is 5. The summed E-state index contributed by atoms with van der Waals surface area (Å²) in [5.41, 5.74) is 7.63. The Hall–Kier alpha value is -2.54. The lowest BCUT2D eigenvalue weighted by Crippen LogP contribution is -3.00. The average Bonchev–Trinajstić information content (AvgIpc) is 3.43. The molecule has 1 atom stereocenters. The topological polar surface area (TPSA) is 12.4 Å². The number of hydrogen-bond acceptors (Lipinski definition) is 1. The van der Waals surface area contributed by atoms with Crippen LogP contribution in [0, 0.1) is 16.7 Å². The highest BCUT2D eigenvalue weighted by Crippen LogP contribution is 2.59. The van der Waals surface area contributed by atoms with E-state index in [4.69, 9.17) is 4.99 Å². The molecule has 1 saturated carbocycles. The molecule has 1 fully saturated rings. The molecule has 3 heteroatoms. The summed E-state index contributed by atoms with van der Waals surface area (Å²) >= 11 is 0. The molecule has 2 aliphatic carbocycles. The highest BCUT2D eigenvalue weighted by Gasteiger charge is 2.49. The third kappa shape index (κ3) is 7.00. The summed E-state index contributed by atoms with van der Waals surface area (Å²) in [6.45, 7) is 12.1. The van der Waals surface area contributed by atoms with Gasteiger partial charge < -0.3 is 17.0 Å². The second-order valence-electron chi connectivity index (χ2n) is 15.1. The van der Waals surface area contributed by atoms with E-state index in [-0.39, 0.29) is 27.8 Å². The van der Waals surface area contributed by atoms with Crippen LogP contribution in [0.25, 0.3) is 0 Å². The predicted octanol–water partition coefficient (Wildman–Crippen LogP) is 7.77. The Bertz CT molecular complexity index is 1500. The molecule has 1 unspecified atom stereocenters. The molecule has 0 aromatic heterocycles. The van der Waals surface area contributed by atoms with Gasteiger partial charge in [-0.1, -0.05) is 140 Å². The number of benzene rings is 3. The Morgan fingerprint density at radius 3 is 1.78 bits per heavy atom. The van der Waals surface area contributed by atoms with E-state index in [0.717, 1.165) is 12.6 Å². The van der Waals surface area contributed by atoms with Crippen LogP contribution in [0.1, 0.15) is 92.4 Å². The van der Waals surface area contributed by atoms with Crippen LogP contribution in [0.3, 0.4) is 0 Å². The molecular weight excluding hydrogens is 641 g/mol. The fraction of sp³-hybridized carbons (Fsp3) is 0.419. The molecule has 1 heterocycles. The fourth-order valence-electron chi connectivity index (χ4n) is 8.66. The Morgan fingerprint density at radius 1 is 0.717 bits per heavy atom. The average molecular weight is 695 g/mol. The predicted molar refractivity (Wildman–Crippen MR) is 199 cm³/mol. The lowest BCUT2D eigenvalue weighted by atomic mass is 9.61. The third-order valence-electron chi connectivity index (χ3n) is 10.4. The SMILES string of the molecule is CCCCCCCCC1C=CC(C[P+](c2ccccc2)(c2ccccc2)c2ccccc2)=C2N=C3C(=C21)CC(C)(C)CC3(C)C.[Br-]. The largest absolute Gasteiger partial charge is 1.00 e. The smallest absolute Gasteiger partial charge is 0.116 e. The van der Waals surface area contributed by atoms with Crippen LogP contribution in [0.2, 0.25) is 0 Å². The Labute approximate surface area is 290 Å². The van der Waals surface area contributed by atoms with E-state index in [1.54, 1.807) is 11.1 Å². The van der Waals surface area contributed by atoms with Gasteiger partial charge in [-0.2, -0.15) is 0 Å². The van der Waals surface area contributed by atoms with Gasteiger partial charge in [-0.3, -0.25) is 4.99 Å². The summed E-state index contributed by atoms with van der Waals surface area (Å²) in [5, 5.41) is 4.32. The normalized spacial score (nSPS) is 19.8. The number of rotatable bonds is 12. The van der Waals surface area contributed by atoms with Gasteiger partial charge in [0.15, 0.2) is 0 Å². The lowest BCUT2D eigenvalue weighted by Gasteiger charge is -2.42. The van der Waals surface area contributed by atoms with Gasteiger partial charge in [0.2, 0.25) is 0 Å². The van der Waals surface area contributed by atoms with E-state index in [1.165, 1.54) is 84.3 Å². The molecule has 3 aromatic rings. The minimum Gasteiger partial charge on any atom is -1.00 e. The molecular formula is C43H53BrNP. The Balaban J connectivity index is 0.00000417. The standard InChI is InChI=1S/C43H53NP.BrH/c1-6-7-8-9-10-14-21-33-28-29-34(40-39(33)38-30-42(2,3)32-43(4,5)41(38)44-40)31-45(35-22-15-11-16-23-35,36-24-17-12-18-25-36)37-26-19-13-20-27-37;/h11-13,15-20,22-29,33H,6-10,14,21,30-32H2,1-5H3;1H/q+1;/p-1. The van der Waals surface area contributed by atoms with Crippen molar-refractivity contribution in [3.8, 4) is 0 Å². The van der Waals surface area contributed by atoms with E-state index in [1.807, 2.05) is 0 Å². The number of unbranched alkanes of at least 4 members (excludes halogenated alkanes) is 5. The second kappa shape index (κ2) is 14.7. The third-order valence-corrected chi connectivity index (χ3v) is 14.7. The molecule has 0 bridgehead atoms. The molecule has 3 aromatic carbocycles. The molecule has 0 radical (unpaired) electrons. The summed E-state index contributed by atoms with van der Waals surface area (Å²) in [5.74, 6) is 0.466. The van der Waals surface area contributed by atoms with Gasteiger partial charge in [-0.05, 0) is 72.2 Å². The van der Waals surface area contributed by atoms with Gasteiger partial charge in [0, 0.05) is 16.9 Å². The molecule has 0 amide bonds. The van der Waals surface area contributed by atoms with Crippen molar-refractivity contribution in [1.29, 1.82) is 0 Å². The van der Waals surface area contributed by atoms with Crippen molar-refractivity contribution < 1.29 is 17.0 Å². The van der Waals surface area contributed by atoms with E-state index >= 15 is 0 Å². The molecule has 0 N–H and O–H groups in total. The highest BCUT2D eigenvalue weighted by atomic mass is 79.9. The van der Waals surface area contributed by atoms with Crippen LogP contribution >= 0.6 is 7.26 Å².